The Kier molecular flexibility index (Phi) is 5.40. The van der Waals surface area contributed by atoms with Gasteiger partial charge < -0.3 is 10.1 Å². The lowest BCUT2D eigenvalue weighted by molar-refractivity contribution is 0.0491. The van der Waals surface area contributed by atoms with E-state index in [1.165, 1.54) is 5.01 Å². The molecule has 0 saturated heterocycles. The molecule has 1 aliphatic heterocycles. The number of amides is 2. The molecule has 0 bridgehead atoms. The van der Waals surface area contributed by atoms with Crippen LogP contribution in [0.4, 0.5) is 5.69 Å². The van der Waals surface area contributed by atoms with Crippen LogP contribution in [0.3, 0.4) is 0 Å². The maximum absolute atomic E-state index is 13.6. The number of hydrazine groups is 1. The van der Waals surface area contributed by atoms with Crippen LogP contribution in [0.25, 0.3) is 10.8 Å². The molecule has 0 radical (unpaired) electrons. The molecule has 5 rings (SSSR count). The van der Waals surface area contributed by atoms with Crippen LogP contribution in [0.5, 0.6) is 5.75 Å². The van der Waals surface area contributed by atoms with Crippen LogP contribution in [0.2, 0.25) is 0 Å². The number of nitrogens with zero attached hydrogens (tertiary/aromatic N) is 1. The Morgan fingerprint density at radius 1 is 0.939 bits per heavy atom. The van der Waals surface area contributed by atoms with Gasteiger partial charge in [-0.2, -0.15) is 0 Å². The minimum absolute atomic E-state index is 0.287. The molecule has 33 heavy (non-hydrogen) atoms. The lowest BCUT2D eigenvalue weighted by atomic mass is 9.99. The van der Waals surface area contributed by atoms with Gasteiger partial charge in [0.2, 0.25) is 0 Å². The van der Waals surface area contributed by atoms with Crippen LogP contribution in [-0.2, 0) is 0 Å². The van der Waals surface area contributed by atoms with Gasteiger partial charge in [0.1, 0.15) is 11.9 Å². The van der Waals surface area contributed by atoms with E-state index in [4.69, 9.17) is 4.74 Å². The highest BCUT2D eigenvalue weighted by Gasteiger charge is 2.35. The van der Waals surface area contributed by atoms with Gasteiger partial charge in [-0.05, 0) is 42.0 Å². The number of fused-ring (bicyclic) bond motifs is 2. The SMILES string of the molecule is CCOc1ccccc1C(=O)NN1C(=O)c2ccccc2N[C@H]1c1cccc2ccccc12. The Balaban J connectivity index is 1.58. The summed E-state index contributed by atoms with van der Waals surface area (Å²) in [6.45, 7) is 2.29. The zero-order chi connectivity index (χ0) is 22.8. The lowest BCUT2D eigenvalue weighted by Crippen LogP contribution is -2.53. The molecular formula is C27H23N3O3. The number of carbonyl (C=O) groups is 2. The van der Waals surface area contributed by atoms with Crippen molar-refractivity contribution in [2.24, 2.45) is 0 Å². The molecule has 1 atom stereocenters. The second-order valence-electron chi connectivity index (χ2n) is 7.71. The minimum atomic E-state index is -0.596. The van der Waals surface area contributed by atoms with Gasteiger partial charge >= 0.3 is 0 Å². The first-order chi connectivity index (χ1) is 16.2. The summed E-state index contributed by atoms with van der Waals surface area (Å²) in [5.41, 5.74) is 5.30. The number of rotatable bonds is 5. The van der Waals surface area contributed by atoms with E-state index in [1.54, 1.807) is 30.3 Å². The molecule has 1 aliphatic rings. The Bertz CT molecular complexity index is 1350. The third kappa shape index (κ3) is 3.76. The van der Waals surface area contributed by atoms with E-state index < -0.39 is 12.1 Å². The van der Waals surface area contributed by atoms with E-state index in [9.17, 15) is 9.59 Å². The molecule has 0 spiro atoms. The van der Waals surface area contributed by atoms with Gasteiger partial charge in [0.05, 0.1) is 17.7 Å². The Morgan fingerprint density at radius 2 is 1.67 bits per heavy atom. The van der Waals surface area contributed by atoms with Crippen molar-refractivity contribution in [1.82, 2.24) is 10.4 Å². The van der Waals surface area contributed by atoms with Crippen LogP contribution < -0.4 is 15.5 Å². The first-order valence-corrected chi connectivity index (χ1v) is 10.9. The molecule has 4 aromatic rings. The van der Waals surface area contributed by atoms with Gasteiger partial charge in [-0.3, -0.25) is 15.0 Å². The van der Waals surface area contributed by atoms with Gasteiger partial charge in [0.25, 0.3) is 11.8 Å². The Hall–Kier alpha value is -4.32. The summed E-state index contributed by atoms with van der Waals surface area (Å²) in [7, 11) is 0. The quantitative estimate of drug-likeness (QED) is 0.453. The Morgan fingerprint density at radius 3 is 2.55 bits per heavy atom. The van der Waals surface area contributed by atoms with Crippen LogP contribution in [0.1, 0.15) is 39.4 Å². The number of anilines is 1. The smallest absolute Gasteiger partial charge is 0.276 e. The summed E-state index contributed by atoms with van der Waals surface area (Å²) in [5, 5.41) is 6.86. The molecule has 0 aromatic heterocycles. The van der Waals surface area contributed by atoms with Crippen molar-refractivity contribution in [3.05, 3.63) is 108 Å². The monoisotopic (exact) mass is 437 g/mol. The summed E-state index contributed by atoms with van der Waals surface area (Å²) in [6, 6.07) is 28.2. The first-order valence-electron chi connectivity index (χ1n) is 10.9. The van der Waals surface area contributed by atoms with E-state index in [0.717, 1.165) is 22.0 Å². The molecule has 2 amide bonds. The molecule has 1 heterocycles. The molecule has 2 N–H and O–H groups in total. The van der Waals surface area contributed by atoms with Crippen molar-refractivity contribution >= 4 is 28.3 Å². The number of nitrogens with one attached hydrogen (secondary N) is 2. The van der Waals surface area contributed by atoms with Crippen molar-refractivity contribution < 1.29 is 14.3 Å². The fourth-order valence-corrected chi connectivity index (χ4v) is 4.18. The molecule has 6 nitrogen and oxygen atoms in total. The number of benzene rings is 4. The van der Waals surface area contributed by atoms with Crippen molar-refractivity contribution in [3.63, 3.8) is 0 Å². The van der Waals surface area contributed by atoms with Crippen molar-refractivity contribution in [1.29, 1.82) is 0 Å². The molecule has 0 unspecified atom stereocenters. The predicted octanol–water partition coefficient (Wildman–Crippen LogP) is 5.15. The van der Waals surface area contributed by atoms with Gasteiger partial charge in [-0.25, -0.2) is 5.01 Å². The average Bonchev–Trinajstić information content (AvgIpc) is 2.86. The zero-order valence-corrected chi connectivity index (χ0v) is 18.1. The van der Waals surface area contributed by atoms with Gasteiger partial charge in [-0.1, -0.05) is 66.7 Å². The molecule has 0 fully saturated rings. The topological polar surface area (TPSA) is 70.7 Å². The van der Waals surface area contributed by atoms with Crippen molar-refractivity contribution in [3.8, 4) is 5.75 Å². The highest BCUT2D eigenvalue weighted by Crippen LogP contribution is 2.35. The standard InChI is InChI=1S/C27H23N3O3/c1-2-33-24-17-8-6-14-22(24)26(31)29-30-25(28-23-16-7-5-13-21(23)27(30)32)20-15-9-11-18-10-3-4-12-19(18)20/h3-17,25,28H,2H2,1H3,(H,29,31)/t25-/m1/s1. The van der Waals surface area contributed by atoms with Gasteiger partial charge in [0, 0.05) is 11.3 Å². The molecule has 6 heteroatoms. The fourth-order valence-electron chi connectivity index (χ4n) is 4.18. The highest BCUT2D eigenvalue weighted by molar-refractivity contribution is 6.05. The average molecular weight is 437 g/mol. The van der Waals surface area contributed by atoms with Gasteiger partial charge in [-0.15, -0.1) is 0 Å². The Labute approximate surface area is 191 Å². The normalized spacial score (nSPS) is 15.0. The second-order valence-corrected chi connectivity index (χ2v) is 7.71. The van der Waals surface area contributed by atoms with E-state index in [1.807, 2.05) is 67.6 Å². The fraction of sp³-hybridized carbons (Fsp3) is 0.111. The van der Waals surface area contributed by atoms with Crippen LogP contribution >= 0.6 is 0 Å². The van der Waals surface area contributed by atoms with E-state index in [0.29, 0.717) is 23.5 Å². The highest BCUT2D eigenvalue weighted by atomic mass is 16.5. The van der Waals surface area contributed by atoms with Crippen LogP contribution in [-0.4, -0.2) is 23.4 Å². The zero-order valence-electron chi connectivity index (χ0n) is 18.1. The summed E-state index contributed by atoms with van der Waals surface area (Å²) in [4.78, 5) is 26.8. The van der Waals surface area contributed by atoms with Crippen LogP contribution in [0.15, 0.2) is 91.0 Å². The number of carbonyl (C=O) groups excluding carboxylic acids is 2. The van der Waals surface area contributed by atoms with E-state index in [2.05, 4.69) is 10.7 Å². The summed E-state index contributed by atoms with van der Waals surface area (Å²) < 4.78 is 5.62. The molecule has 164 valence electrons. The minimum Gasteiger partial charge on any atom is -0.493 e. The third-order valence-corrected chi connectivity index (χ3v) is 5.70. The summed E-state index contributed by atoms with van der Waals surface area (Å²) >= 11 is 0. The van der Waals surface area contributed by atoms with Gasteiger partial charge in [0.15, 0.2) is 0 Å². The number of ether oxygens (including phenoxy) is 1. The number of hydrogen-bond donors (Lipinski definition) is 2. The first kappa shape index (κ1) is 20.6. The summed E-state index contributed by atoms with van der Waals surface area (Å²) in [5.74, 6) is -0.236. The van der Waals surface area contributed by atoms with Crippen LogP contribution in [0, 0.1) is 0 Å². The maximum atomic E-state index is 13.6. The molecule has 0 saturated carbocycles. The van der Waals surface area contributed by atoms with E-state index >= 15 is 0 Å². The van der Waals surface area contributed by atoms with E-state index in [-0.39, 0.29) is 5.91 Å². The maximum Gasteiger partial charge on any atom is 0.276 e. The van der Waals surface area contributed by atoms with Crippen molar-refractivity contribution in [2.75, 3.05) is 11.9 Å². The third-order valence-electron chi connectivity index (χ3n) is 5.70. The molecular weight excluding hydrogens is 414 g/mol. The molecule has 4 aromatic carbocycles. The lowest BCUT2D eigenvalue weighted by Gasteiger charge is -2.38. The summed E-state index contributed by atoms with van der Waals surface area (Å²) in [6.07, 6.45) is -0.596. The largest absolute Gasteiger partial charge is 0.493 e. The number of hydrogen-bond acceptors (Lipinski definition) is 4. The van der Waals surface area contributed by atoms with Crippen molar-refractivity contribution in [2.45, 2.75) is 13.1 Å². The predicted molar refractivity (Wildman–Crippen MR) is 128 cm³/mol. The molecule has 0 aliphatic carbocycles. The second kappa shape index (κ2) is 8.67. The number of para-hydroxylation sites is 2.